The van der Waals surface area contributed by atoms with Crippen LogP contribution >= 0.6 is 11.9 Å². The molecule has 0 radical (unpaired) electrons. The molecular weight excluding hydrogens is 370 g/mol. The van der Waals surface area contributed by atoms with Gasteiger partial charge < -0.3 is 5.32 Å². The van der Waals surface area contributed by atoms with Gasteiger partial charge in [0.15, 0.2) is 5.82 Å². The van der Waals surface area contributed by atoms with Gasteiger partial charge in [0.2, 0.25) is 0 Å². The van der Waals surface area contributed by atoms with Gasteiger partial charge in [0.25, 0.3) is 0 Å². The molecule has 7 heteroatoms. The highest BCUT2D eigenvalue weighted by Gasteiger charge is 2.25. The van der Waals surface area contributed by atoms with Crippen LogP contribution < -0.4 is 10.0 Å². The van der Waals surface area contributed by atoms with Crippen molar-refractivity contribution in [1.29, 1.82) is 0 Å². The Bertz CT molecular complexity index is 999. The lowest BCUT2D eigenvalue weighted by molar-refractivity contribution is 0.257. The number of pyridine rings is 1. The lowest BCUT2D eigenvalue weighted by atomic mass is 9.99. The van der Waals surface area contributed by atoms with E-state index < -0.39 is 0 Å². The SMILES string of the molecule is O=C(NSc1ccn(-c2ccccn2)n1)Nc1c2c(cc3c1CCC3)CCC2. The number of amides is 2. The van der Waals surface area contributed by atoms with E-state index in [9.17, 15) is 4.79 Å². The molecule has 3 aromatic rings. The van der Waals surface area contributed by atoms with Gasteiger partial charge in [-0.3, -0.25) is 4.72 Å². The smallest absolute Gasteiger partial charge is 0.307 e. The number of urea groups is 1. The maximum absolute atomic E-state index is 12.6. The van der Waals surface area contributed by atoms with E-state index in [4.69, 9.17) is 0 Å². The molecule has 0 atom stereocenters. The second kappa shape index (κ2) is 7.31. The molecule has 28 heavy (non-hydrogen) atoms. The molecule has 2 heterocycles. The Morgan fingerprint density at radius 3 is 2.54 bits per heavy atom. The topological polar surface area (TPSA) is 71.8 Å². The maximum Gasteiger partial charge on any atom is 0.329 e. The summed E-state index contributed by atoms with van der Waals surface area (Å²) in [5.41, 5.74) is 6.55. The first-order valence-electron chi connectivity index (χ1n) is 9.65. The molecule has 0 unspecified atom stereocenters. The fourth-order valence-corrected chi connectivity index (χ4v) is 4.69. The minimum absolute atomic E-state index is 0.202. The van der Waals surface area contributed by atoms with Gasteiger partial charge in [0.05, 0.1) is 0 Å². The van der Waals surface area contributed by atoms with Crippen molar-refractivity contribution in [3.05, 3.63) is 65.0 Å². The molecule has 0 saturated carbocycles. The largest absolute Gasteiger partial charge is 0.329 e. The van der Waals surface area contributed by atoms with Gasteiger partial charge in [-0.15, -0.1) is 0 Å². The molecule has 2 aromatic heterocycles. The van der Waals surface area contributed by atoms with Crippen molar-refractivity contribution in [2.24, 2.45) is 0 Å². The number of hydrogen-bond acceptors (Lipinski definition) is 4. The predicted octanol–water partition coefficient (Wildman–Crippen LogP) is 4.07. The standard InChI is InChI=1S/C21H21N5OS/c27-21(25-28-19-10-12-26(24-19)18-9-1-2-11-22-18)23-20-16-7-3-5-14(16)13-15-6-4-8-17(15)20/h1-2,9-13H,3-8H2,(H2,23,25,27). The molecule has 2 aliphatic carbocycles. The highest BCUT2D eigenvalue weighted by molar-refractivity contribution is 7.97. The fourth-order valence-electron chi connectivity index (χ4n) is 4.18. The summed E-state index contributed by atoms with van der Waals surface area (Å²) in [6, 6.07) is 9.69. The minimum atomic E-state index is -0.202. The zero-order valence-electron chi connectivity index (χ0n) is 15.4. The number of fused-ring (bicyclic) bond motifs is 2. The van der Waals surface area contributed by atoms with Crippen molar-refractivity contribution in [2.75, 3.05) is 5.32 Å². The first kappa shape index (κ1) is 17.3. The predicted molar refractivity (Wildman–Crippen MR) is 110 cm³/mol. The Hall–Kier alpha value is -2.80. The highest BCUT2D eigenvalue weighted by atomic mass is 32.2. The van der Waals surface area contributed by atoms with Crippen molar-refractivity contribution in [1.82, 2.24) is 19.5 Å². The number of aromatic nitrogens is 3. The molecule has 0 bridgehead atoms. The summed E-state index contributed by atoms with van der Waals surface area (Å²) in [7, 11) is 0. The van der Waals surface area contributed by atoms with E-state index in [1.54, 1.807) is 10.9 Å². The molecular formula is C21H21N5OS. The van der Waals surface area contributed by atoms with Gasteiger partial charge in [-0.05, 0) is 79.0 Å². The van der Waals surface area contributed by atoms with E-state index in [-0.39, 0.29) is 6.03 Å². The number of nitrogens with zero attached hydrogens (tertiary/aromatic N) is 3. The van der Waals surface area contributed by atoms with Gasteiger partial charge in [-0.25, -0.2) is 14.5 Å². The molecule has 0 aliphatic heterocycles. The second-order valence-electron chi connectivity index (χ2n) is 7.18. The third-order valence-electron chi connectivity index (χ3n) is 5.41. The summed E-state index contributed by atoms with van der Waals surface area (Å²) in [4.78, 5) is 16.8. The van der Waals surface area contributed by atoms with E-state index in [1.165, 1.54) is 47.0 Å². The van der Waals surface area contributed by atoms with Crippen LogP contribution in [-0.4, -0.2) is 20.8 Å². The van der Waals surface area contributed by atoms with Crippen LogP contribution in [0.15, 0.2) is 47.8 Å². The van der Waals surface area contributed by atoms with Gasteiger partial charge >= 0.3 is 6.03 Å². The summed E-state index contributed by atoms with van der Waals surface area (Å²) in [5.74, 6) is 0.745. The Morgan fingerprint density at radius 2 is 1.82 bits per heavy atom. The lowest BCUT2D eigenvalue weighted by Gasteiger charge is -2.16. The van der Waals surface area contributed by atoms with Gasteiger partial charge in [-0.1, -0.05) is 12.1 Å². The summed E-state index contributed by atoms with van der Waals surface area (Å²) in [6.45, 7) is 0. The number of carbonyl (C=O) groups is 1. The first-order valence-corrected chi connectivity index (χ1v) is 10.5. The number of benzene rings is 1. The summed E-state index contributed by atoms with van der Waals surface area (Å²) in [6.07, 6.45) is 10.3. The summed E-state index contributed by atoms with van der Waals surface area (Å²) in [5, 5.41) is 8.30. The minimum Gasteiger partial charge on any atom is -0.307 e. The molecule has 0 fully saturated rings. The van der Waals surface area contributed by atoms with Crippen LogP contribution in [0.2, 0.25) is 0 Å². The Labute approximate surface area is 167 Å². The number of hydrogen-bond donors (Lipinski definition) is 2. The van der Waals surface area contributed by atoms with Crippen LogP contribution in [-0.2, 0) is 25.7 Å². The fraction of sp³-hybridized carbons (Fsp3) is 0.286. The van der Waals surface area contributed by atoms with Gasteiger partial charge in [0.1, 0.15) is 5.03 Å². The molecule has 1 aromatic carbocycles. The number of aryl methyl sites for hydroxylation is 2. The van der Waals surface area contributed by atoms with E-state index >= 15 is 0 Å². The number of nitrogens with one attached hydrogen (secondary N) is 2. The Balaban J connectivity index is 1.28. The number of anilines is 1. The Morgan fingerprint density at radius 1 is 1.04 bits per heavy atom. The molecule has 142 valence electrons. The monoisotopic (exact) mass is 391 g/mol. The van der Waals surface area contributed by atoms with E-state index in [0.717, 1.165) is 37.2 Å². The lowest BCUT2D eigenvalue weighted by Crippen LogP contribution is -2.24. The van der Waals surface area contributed by atoms with Crippen LogP contribution in [0.1, 0.15) is 35.1 Å². The van der Waals surface area contributed by atoms with Crippen LogP contribution in [0.4, 0.5) is 10.5 Å². The van der Waals surface area contributed by atoms with Gasteiger partial charge in [0, 0.05) is 30.0 Å². The molecule has 0 saturated heterocycles. The van der Waals surface area contributed by atoms with Crippen molar-refractivity contribution >= 4 is 23.7 Å². The maximum atomic E-state index is 12.6. The normalized spacial score (nSPS) is 14.6. The highest BCUT2D eigenvalue weighted by Crippen LogP contribution is 2.38. The number of rotatable bonds is 4. The average molecular weight is 392 g/mol. The number of carbonyl (C=O) groups excluding carboxylic acids is 1. The van der Waals surface area contributed by atoms with Crippen LogP contribution in [0.3, 0.4) is 0 Å². The average Bonchev–Trinajstić information content (AvgIpc) is 3.47. The molecule has 6 nitrogen and oxygen atoms in total. The van der Waals surface area contributed by atoms with Crippen molar-refractivity contribution < 1.29 is 4.79 Å². The second-order valence-corrected chi connectivity index (χ2v) is 8.01. The molecule has 5 rings (SSSR count). The van der Waals surface area contributed by atoms with Crippen molar-refractivity contribution in [3.8, 4) is 5.82 Å². The quantitative estimate of drug-likeness (QED) is 0.658. The third kappa shape index (κ3) is 3.26. The molecule has 2 aliphatic rings. The summed E-state index contributed by atoms with van der Waals surface area (Å²) < 4.78 is 4.56. The van der Waals surface area contributed by atoms with E-state index in [0.29, 0.717) is 5.03 Å². The molecule has 2 N–H and O–H groups in total. The molecule has 0 spiro atoms. The van der Waals surface area contributed by atoms with Crippen LogP contribution in [0, 0.1) is 0 Å². The van der Waals surface area contributed by atoms with E-state index in [2.05, 4.69) is 26.2 Å². The van der Waals surface area contributed by atoms with Crippen molar-refractivity contribution in [3.63, 3.8) is 0 Å². The Kier molecular flexibility index (Phi) is 4.52. The molecule has 2 amide bonds. The van der Waals surface area contributed by atoms with Gasteiger partial charge in [-0.2, -0.15) is 5.10 Å². The zero-order valence-corrected chi connectivity index (χ0v) is 16.3. The van der Waals surface area contributed by atoms with Crippen molar-refractivity contribution in [2.45, 2.75) is 43.6 Å². The van der Waals surface area contributed by atoms with Crippen LogP contribution in [0.5, 0.6) is 0 Å². The van der Waals surface area contributed by atoms with Crippen LogP contribution in [0.25, 0.3) is 5.82 Å². The first-order chi connectivity index (χ1) is 13.8. The third-order valence-corrected chi connectivity index (χ3v) is 6.12. The summed E-state index contributed by atoms with van der Waals surface area (Å²) >= 11 is 1.21. The zero-order chi connectivity index (χ0) is 18.9. The van der Waals surface area contributed by atoms with E-state index in [1.807, 2.05) is 30.5 Å².